The maximum atomic E-state index is 8.81. The molecule has 0 N–H and O–H groups in total. The van der Waals surface area contributed by atoms with Gasteiger partial charge >= 0.3 is 0 Å². The van der Waals surface area contributed by atoms with Crippen molar-refractivity contribution in [3.8, 4) is 6.07 Å². The molecular weight excluding hydrogens is 170 g/mol. The molecule has 1 atom stereocenters. The maximum Gasteiger partial charge on any atom is 0.0719 e. The van der Waals surface area contributed by atoms with E-state index in [4.69, 9.17) is 16.9 Å². The number of rotatable bonds is 0. The molecule has 12 heavy (non-hydrogen) atoms. The van der Waals surface area contributed by atoms with E-state index in [-0.39, 0.29) is 5.92 Å². The number of benzene rings is 1. The molecule has 2 heteroatoms. The molecule has 0 saturated heterocycles. The van der Waals surface area contributed by atoms with Crippen LogP contribution in [-0.2, 0) is 6.42 Å². The summed E-state index contributed by atoms with van der Waals surface area (Å²) in [6, 6.07) is 8.11. The van der Waals surface area contributed by atoms with Gasteiger partial charge in [-0.3, -0.25) is 0 Å². The monoisotopic (exact) mass is 177 g/mol. The van der Waals surface area contributed by atoms with Gasteiger partial charge < -0.3 is 0 Å². The highest BCUT2D eigenvalue weighted by atomic mass is 35.5. The van der Waals surface area contributed by atoms with E-state index >= 15 is 0 Å². The number of hydrogen-bond acceptors (Lipinski definition) is 1. The van der Waals surface area contributed by atoms with E-state index in [0.29, 0.717) is 0 Å². The van der Waals surface area contributed by atoms with Gasteiger partial charge in [0.1, 0.15) is 0 Å². The molecule has 0 radical (unpaired) electrons. The minimum Gasteiger partial charge on any atom is -0.198 e. The van der Waals surface area contributed by atoms with Crippen molar-refractivity contribution in [2.24, 2.45) is 0 Å². The van der Waals surface area contributed by atoms with Crippen LogP contribution in [0.25, 0.3) is 0 Å². The summed E-state index contributed by atoms with van der Waals surface area (Å²) in [5.41, 5.74) is 2.41. The normalized spacial score (nSPS) is 20.2. The predicted molar refractivity (Wildman–Crippen MR) is 48.1 cm³/mol. The topological polar surface area (TPSA) is 23.8 Å². The van der Waals surface area contributed by atoms with Crippen molar-refractivity contribution in [3.63, 3.8) is 0 Å². The lowest BCUT2D eigenvalue weighted by molar-refractivity contribution is 0.826. The molecule has 1 aliphatic carbocycles. The standard InChI is InChI=1S/C10H8ClN/c11-9-4-3-7-1-2-8(6-12)10(7)5-9/h3-5,8H,1-2H2/t8-/m1/s1. The Kier molecular flexibility index (Phi) is 1.78. The van der Waals surface area contributed by atoms with Crippen LogP contribution in [-0.4, -0.2) is 0 Å². The zero-order valence-electron chi connectivity index (χ0n) is 6.55. The average Bonchev–Trinajstić information content (AvgIpc) is 2.46. The Hall–Kier alpha value is -1.00. The van der Waals surface area contributed by atoms with Crippen molar-refractivity contribution in [1.29, 1.82) is 5.26 Å². The Morgan fingerprint density at radius 2 is 2.33 bits per heavy atom. The summed E-state index contributed by atoms with van der Waals surface area (Å²) in [5.74, 6) is 0.0682. The zero-order valence-corrected chi connectivity index (χ0v) is 7.30. The van der Waals surface area contributed by atoms with Gasteiger partial charge in [0.05, 0.1) is 12.0 Å². The summed E-state index contributed by atoms with van der Waals surface area (Å²) in [6.07, 6.45) is 1.97. The molecule has 0 fully saturated rings. The molecule has 0 saturated carbocycles. The van der Waals surface area contributed by atoms with Crippen molar-refractivity contribution in [2.45, 2.75) is 18.8 Å². The van der Waals surface area contributed by atoms with Crippen molar-refractivity contribution >= 4 is 11.6 Å². The van der Waals surface area contributed by atoms with Gasteiger partial charge in [0.25, 0.3) is 0 Å². The Morgan fingerprint density at radius 1 is 1.50 bits per heavy atom. The molecule has 1 nitrogen and oxygen atoms in total. The van der Waals surface area contributed by atoms with E-state index in [9.17, 15) is 0 Å². The second kappa shape index (κ2) is 2.80. The van der Waals surface area contributed by atoms with Crippen LogP contribution in [0.1, 0.15) is 23.5 Å². The van der Waals surface area contributed by atoms with Crippen LogP contribution in [0.2, 0.25) is 5.02 Å². The lowest BCUT2D eigenvalue weighted by Crippen LogP contribution is -1.87. The van der Waals surface area contributed by atoms with Crippen LogP contribution >= 0.6 is 11.6 Å². The quantitative estimate of drug-likeness (QED) is 0.598. The largest absolute Gasteiger partial charge is 0.198 e. The maximum absolute atomic E-state index is 8.81. The summed E-state index contributed by atoms with van der Waals surface area (Å²) in [7, 11) is 0. The van der Waals surface area contributed by atoms with Gasteiger partial charge in [0, 0.05) is 5.02 Å². The second-order valence-corrected chi connectivity index (χ2v) is 3.50. The van der Waals surface area contributed by atoms with Crippen LogP contribution < -0.4 is 0 Å². The van der Waals surface area contributed by atoms with E-state index < -0.39 is 0 Å². The number of nitriles is 1. The fourth-order valence-corrected chi connectivity index (χ4v) is 1.89. The summed E-state index contributed by atoms with van der Waals surface area (Å²) in [5, 5.41) is 9.54. The summed E-state index contributed by atoms with van der Waals surface area (Å²) >= 11 is 5.84. The molecule has 0 unspecified atom stereocenters. The first-order valence-corrected chi connectivity index (χ1v) is 4.37. The zero-order chi connectivity index (χ0) is 8.55. The lowest BCUT2D eigenvalue weighted by Gasteiger charge is -2.01. The third kappa shape index (κ3) is 1.09. The van der Waals surface area contributed by atoms with Gasteiger partial charge in [-0.15, -0.1) is 0 Å². The van der Waals surface area contributed by atoms with Gasteiger partial charge in [-0.25, -0.2) is 0 Å². The van der Waals surface area contributed by atoms with E-state index in [1.807, 2.05) is 18.2 Å². The van der Waals surface area contributed by atoms with Gasteiger partial charge in [-0.05, 0) is 36.1 Å². The molecule has 1 aromatic carbocycles. The minimum atomic E-state index is 0.0682. The van der Waals surface area contributed by atoms with Gasteiger partial charge in [-0.2, -0.15) is 5.26 Å². The third-order valence-electron chi connectivity index (χ3n) is 2.34. The van der Waals surface area contributed by atoms with Crippen molar-refractivity contribution < 1.29 is 0 Å². The van der Waals surface area contributed by atoms with Crippen molar-refractivity contribution in [3.05, 3.63) is 34.3 Å². The smallest absolute Gasteiger partial charge is 0.0719 e. The van der Waals surface area contributed by atoms with E-state index in [0.717, 1.165) is 23.4 Å². The Morgan fingerprint density at radius 3 is 3.08 bits per heavy atom. The minimum absolute atomic E-state index is 0.0682. The fourth-order valence-electron chi connectivity index (χ4n) is 1.71. The first-order valence-electron chi connectivity index (χ1n) is 3.99. The third-order valence-corrected chi connectivity index (χ3v) is 2.58. The Balaban J connectivity index is 2.51. The van der Waals surface area contributed by atoms with E-state index in [1.165, 1.54) is 5.56 Å². The molecule has 0 amide bonds. The van der Waals surface area contributed by atoms with Crippen LogP contribution in [0.15, 0.2) is 18.2 Å². The Bertz CT molecular complexity index is 351. The number of halogens is 1. The molecular formula is C10H8ClN. The van der Waals surface area contributed by atoms with Crippen molar-refractivity contribution in [2.75, 3.05) is 0 Å². The van der Waals surface area contributed by atoms with Crippen LogP contribution in [0.3, 0.4) is 0 Å². The van der Waals surface area contributed by atoms with Gasteiger partial charge in [0.2, 0.25) is 0 Å². The first kappa shape index (κ1) is 7.64. The number of fused-ring (bicyclic) bond motifs is 1. The molecule has 0 aromatic heterocycles. The van der Waals surface area contributed by atoms with E-state index in [2.05, 4.69) is 6.07 Å². The highest BCUT2D eigenvalue weighted by Crippen LogP contribution is 2.33. The summed E-state index contributed by atoms with van der Waals surface area (Å²) in [4.78, 5) is 0. The number of aryl methyl sites for hydroxylation is 1. The second-order valence-electron chi connectivity index (χ2n) is 3.06. The summed E-state index contributed by atoms with van der Waals surface area (Å²) < 4.78 is 0. The van der Waals surface area contributed by atoms with Crippen molar-refractivity contribution in [1.82, 2.24) is 0 Å². The van der Waals surface area contributed by atoms with E-state index in [1.54, 1.807) is 0 Å². The van der Waals surface area contributed by atoms with Gasteiger partial charge in [-0.1, -0.05) is 17.7 Å². The highest BCUT2D eigenvalue weighted by Gasteiger charge is 2.21. The molecule has 1 aromatic rings. The fraction of sp³-hybridized carbons (Fsp3) is 0.300. The van der Waals surface area contributed by atoms with Gasteiger partial charge in [0.15, 0.2) is 0 Å². The lowest BCUT2D eigenvalue weighted by atomic mass is 10.0. The first-order chi connectivity index (χ1) is 5.81. The van der Waals surface area contributed by atoms with Crippen LogP contribution in [0.4, 0.5) is 0 Å². The molecule has 0 spiro atoms. The molecule has 2 rings (SSSR count). The summed E-state index contributed by atoms with van der Waals surface area (Å²) in [6.45, 7) is 0. The molecule has 0 bridgehead atoms. The molecule has 0 aliphatic heterocycles. The Labute approximate surface area is 76.6 Å². The SMILES string of the molecule is N#C[C@H]1CCc2ccc(Cl)cc21. The van der Waals surface area contributed by atoms with Crippen LogP contribution in [0, 0.1) is 11.3 Å². The van der Waals surface area contributed by atoms with Crippen LogP contribution in [0.5, 0.6) is 0 Å². The highest BCUT2D eigenvalue weighted by molar-refractivity contribution is 6.30. The predicted octanol–water partition coefficient (Wildman–Crippen LogP) is 2.89. The molecule has 0 heterocycles. The number of hydrogen-bond donors (Lipinski definition) is 0. The molecule has 60 valence electrons. The number of nitrogens with zero attached hydrogens (tertiary/aromatic N) is 1. The average molecular weight is 178 g/mol. The molecule has 1 aliphatic rings.